The van der Waals surface area contributed by atoms with Crippen LogP contribution in [-0.2, 0) is 25.0 Å². The minimum absolute atomic E-state index is 0.259. The van der Waals surface area contributed by atoms with Crippen molar-refractivity contribution < 1.29 is 25.0 Å². The zero-order valence-corrected chi connectivity index (χ0v) is 34.6. The molecule has 0 radical (unpaired) electrons. The molecule has 7 heteroatoms. The molecule has 0 aromatic carbocycles. The first-order valence-electron chi connectivity index (χ1n) is 20.6. The van der Waals surface area contributed by atoms with Gasteiger partial charge in [0.2, 0.25) is 0 Å². The van der Waals surface area contributed by atoms with Crippen LogP contribution in [0.4, 0.5) is 0 Å². The molecule has 0 aliphatic carbocycles. The van der Waals surface area contributed by atoms with Gasteiger partial charge in [-0.15, -0.1) is 0 Å². The van der Waals surface area contributed by atoms with Gasteiger partial charge in [-0.25, -0.2) is 0 Å². The van der Waals surface area contributed by atoms with Crippen LogP contribution in [0.25, 0.3) is 0 Å². The molecule has 0 aromatic rings. The Labute approximate surface area is 308 Å². The van der Waals surface area contributed by atoms with E-state index in [1.807, 2.05) is 0 Å². The van der Waals surface area contributed by atoms with Crippen molar-refractivity contribution in [3.8, 4) is 0 Å². The van der Waals surface area contributed by atoms with E-state index in [1.54, 1.807) is 0 Å². The summed E-state index contributed by atoms with van der Waals surface area (Å²) in [6.45, 7) is 6.64. The molecule has 0 spiro atoms. The number of allylic oxidation sites excluding steroid dienone is 6. The summed E-state index contributed by atoms with van der Waals surface area (Å²) in [6, 6.07) is 0. The molecule has 0 amide bonds. The zero-order chi connectivity index (χ0) is 35.9. The summed E-state index contributed by atoms with van der Waals surface area (Å²) < 4.78 is 16.6. The van der Waals surface area contributed by atoms with Crippen LogP contribution in [0.2, 0.25) is 0 Å². The topological polar surface area (TPSA) is 78.9 Å². The summed E-state index contributed by atoms with van der Waals surface area (Å²) in [6.07, 6.45) is 44.0. The Hall–Kier alpha value is -1.73. The fourth-order valence-electron chi connectivity index (χ4n) is 5.43. The molecule has 0 saturated carbocycles. The van der Waals surface area contributed by atoms with E-state index in [9.17, 15) is 14.4 Å². The molecule has 0 N–H and O–H groups in total. The zero-order valence-electron chi connectivity index (χ0n) is 32.2. The van der Waals surface area contributed by atoms with Crippen LogP contribution in [0, 0.1) is 0 Å². The number of carbonyl (C=O) groups excluding carboxylic acids is 3. The molecular formula is C42H75GaO6. The molecular weight excluding hydrogens is 670 g/mol. The quantitative estimate of drug-likeness (QED) is 0.0361. The third-order valence-corrected chi connectivity index (χ3v) is 11.5. The second kappa shape index (κ2) is 39.1. The summed E-state index contributed by atoms with van der Waals surface area (Å²) in [4.78, 5) is 37.9. The van der Waals surface area contributed by atoms with Crippen molar-refractivity contribution in [1.29, 1.82) is 0 Å². The summed E-state index contributed by atoms with van der Waals surface area (Å²) in [5.41, 5.74) is 0. The minimum atomic E-state index is -3.81. The number of rotatable bonds is 36. The molecule has 0 heterocycles. The van der Waals surface area contributed by atoms with E-state index in [2.05, 4.69) is 57.2 Å². The second-order valence-electron chi connectivity index (χ2n) is 13.5. The predicted octanol–water partition coefficient (Wildman–Crippen LogP) is 13.0. The van der Waals surface area contributed by atoms with Crippen LogP contribution in [-0.4, -0.2) is 35.2 Å². The van der Waals surface area contributed by atoms with Crippen molar-refractivity contribution in [3.63, 3.8) is 0 Å². The Morgan fingerprint density at radius 1 is 0.347 bits per heavy atom. The molecule has 49 heavy (non-hydrogen) atoms. The Balaban J connectivity index is 4.44. The van der Waals surface area contributed by atoms with E-state index in [0.29, 0.717) is 0 Å². The molecule has 282 valence electrons. The van der Waals surface area contributed by atoms with Crippen molar-refractivity contribution in [3.05, 3.63) is 36.5 Å². The summed E-state index contributed by atoms with van der Waals surface area (Å²) in [5.74, 6) is -1.26. The van der Waals surface area contributed by atoms with Crippen molar-refractivity contribution in [2.45, 2.75) is 213 Å². The van der Waals surface area contributed by atoms with E-state index in [-0.39, 0.29) is 19.3 Å². The fraction of sp³-hybridized carbons (Fsp3) is 0.786. The van der Waals surface area contributed by atoms with Crippen molar-refractivity contribution in [2.24, 2.45) is 0 Å². The summed E-state index contributed by atoms with van der Waals surface area (Å²) >= 11 is -3.81. The van der Waals surface area contributed by atoms with Gasteiger partial charge in [0.25, 0.3) is 0 Å². The standard InChI is InChI=1S/3C14H26O2.Ga/c3*1-2-3-4-5-6-7-8-9-10-11-12-13-14(15)16;/h3*5-6H,2-4,7-13H2,1H3,(H,15,16);/q;;;+3/p-3/b3*6-5-;. The van der Waals surface area contributed by atoms with Gasteiger partial charge in [-0.05, 0) is 0 Å². The van der Waals surface area contributed by atoms with E-state index in [0.717, 1.165) is 96.3 Å². The maximum atomic E-state index is 12.6. The first-order chi connectivity index (χ1) is 24.0. The molecule has 0 atom stereocenters. The molecule has 0 aliphatic heterocycles. The molecule has 0 saturated heterocycles. The number of unbranched alkanes of at least 4 members (excludes halogenated alkanes) is 21. The molecule has 0 aromatic heterocycles. The van der Waals surface area contributed by atoms with Gasteiger partial charge in [-0.3, -0.25) is 0 Å². The third kappa shape index (κ3) is 37.4. The normalized spacial score (nSPS) is 11.6. The monoisotopic (exact) mass is 744 g/mol. The van der Waals surface area contributed by atoms with Gasteiger partial charge in [-0.1, -0.05) is 59.3 Å². The van der Waals surface area contributed by atoms with Crippen LogP contribution >= 0.6 is 0 Å². The molecule has 0 fully saturated rings. The number of hydrogen-bond acceptors (Lipinski definition) is 6. The van der Waals surface area contributed by atoms with Crippen LogP contribution in [0.3, 0.4) is 0 Å². The van der Waals surface area contributed by atoms with Gasteiger partial charge in [0.05, 0.1) is 0 Å². The van der Waals surface area contributed by atoms with E-state index in [1.165, 1.54) is 77.0 Å². The third-order valence-electron chi connectivity index (χ3n) is 8.61. The predicted molar refractivity (Wildman–Crippen MR) is 207 cm³/mol. The van der Waals surface area contributed by atoms with Gasteiger partial charge >= 0.3 is 251 Å². The van der Waals surface area contributed by atoms with E-state index in [4.69, 9.17) is 10.6 Å². The van der Waals surface area contributed by atoms with Crippen molar-refractivity contribution >= 4 is 35.2 Å². The summed E-state index contributed by atoms with van der Waals surface area (Å²) in [5, 5.41) is 0. The second-order valence-corrected chi connectivity index (χ2v) is 16.2. The van der Waals surface area contributed by atoms with Crippen LogP contribution < -0.4 is 0 Å². The van der Waals surface area contributed by atoms with Crippen LogP contribution in [0.5, 0.6) is 0 Å². The minimum Gasteiger partial charge on any atom is -0.0654 e. The van der Waals surface area contributed by atoms with E-state index >= 15 is 0 Å². The summed E-state index contributed by atoms with van der Waals surface area (Å²) in [7, 11) is 0. The van der Waals surface area contributed by atoms with Crippen molar-refractivity contribution in [1.82, 2.24) is 0 Å². The van der Waals surface area contributed by atoms with Crippen molar-refractivity contribution in [2.75, 3.05) is 0 Å². The number of carbonyl (C=O) groups is 3. The van der Waals surface area contributed by atoms with E-state index < -0.39 is 35.2 Å². The van der Waals surface area contributed by atoms with Gasteiger partial charge < -0.3 is 0 Å². The maximum absolute atomic E-state index is 12.6. The Bertz CT molecular complexity index is 743. The average Bonchev–Trinajstić information content (AvgIpc) is 3.08. The fourth-order valence-corrected chi connectivity index (χ4v) is 7.83. The molecule has 0 unspecified atom stereocenters. The van der Waals surface area contributed by atoms with Gasteiger partial charge in [0.15, 0.2) is 0 Å². The molecule has 6 nitrogen and oxygen atoms in total. The first kappa shape index (κ1) is 47.3. The number of hydrogen-bond donors (Lipinski definition) is 0. The smallest absolute Gasteiger partial charge is 0.0654 e. The van der Waals surface area contributed by atoms with Gasteiger partial charge in [-0.2, -0.15) is 0 Å². The van der Waals surface area contributed by atoms with Gasteiger partial charge in [0, 0.05) is 0 Å². The van der Waals surface area contributed by atoms with Crippen LogP contribution in [0.15, 0.2) is 36.5 Å². The molecule has 0 bridgehead atoms. The average molecular weight is 746 g/mol. The Morgan fingerprint density at radius 2 is 0.571 bits per heavy atom. The molecule has 0 rings (SSSR count). The first-order valence-corrected chi connectivity index (χ1v) is 23.5. The van der Waals surface area contributed by atoms with Gasteiger partial charge in [0.1, 0.15) is 0 Å². The molecule has 0 aliphatic rings. The Kier molecular flexibility index (Phi) is 37.7. The Morgan fingerprint density at radius 3 is 0.837 bits per heavy atom. The SMILES string of the molecule is CCCC/C=C\CCCCCCCC(=O)[O][Ga]([O]C(=O)CCCCCCC/C=C\CCCC)[O]C(=O)CCCCCCC/C=C\CCCC. The van der Waals surface area contributed by atoms with Crippen LogP contribution in [0.1, 0.15) is 213 Å².